The zero-order valence-corrected chi connectivity index (χ0v) is 16.7. The van der Waals surface area contributed by atoms with Crippen LogP contribution in [0.15, 0.2) is 35.5 Å². The highest BCUT2D eigenvalue weighted by molar-refractivity contribution is 7.98. The minimum absolute atomic E-state index is 0.203. The Morgan fingerprint density at radius 3 is 2.64 bits per heavy atom. The number of hydrogen-bond acceptors (Lipinski definition) is 8. The van der Waals surface area contributed by atoms with Gasteiger partial charge >= 0.3 is 0 Å². The van der Waals surface area contributed by atoms with Crippen molar-refractivity contribution in [3.05, 3.63) is 42.0 Å². The molecule has 0 amide bonds. The average molecular weight is 397 g/mol. The van der Waals surface area contributed by atoms with Crippen LogP contribution in [-0.2, 0) is 5.75 Å². The maximum Gasteiger partial charge on any atom is 0.232 e. The van der Waals surface area contributed by atoms with E-state index in [2.05, 4.69) is 35.0 Å². The molecule has 1 aliphatic carbocycles. The number of rotatable bonds is 6. The number of nitrogens with one attached hydrogen (secondary N) is 1. The number of para-hydroxylation sites is 1. The van der Waals surface area contributed by atoms with Crippen LogP contribution in [0.3, 0.4) is 0 Å². The number of benzene rings is 1. The van der Waals surface area contributed by atoms with E-state index in [-0.39, 0.29) is 5.95 Å². The second-order valence-corrected chi connectivity index (χ2v) is 7.85. The molecule has 0 saturated heterocycles. The fourth-order valence-electron chi connectivity index (χ4n) is 3.55. The van der Waals surface area contributed by atoms with Gasteiger partial charge in [-0.1, -0.05) is 49.2 Å². The summed E-state index contributed by atoms with van der Waals surface area (Å²) in [5, 5.41) is 12.8. The van der Waals surface area contributed by atoms with Crippen molar-refractivity contribution in [2.45, 2.75) is 56.0 Å². The molecule has 1 fully saturated rings. The number of nitrogens with two attached hydrogens (primary N) is 1. The van der Waals surface area contributed by atoms with E-state index >= 15 is 0 Å². The van der Waals surface area contributed by atoms with Gasteiger partial charge in [-0.3, -0.25) is 0 Å². The summed E-state index contributed by atoms with van der Waals surface area (Å²) in [4.78, 5) is 13.0. The van der Waals surface area contributed by atoms with Crippen LogP contribution in [0, 0.1) is 6.92 Å². The van der Waals surface area contributed by atoms with Crippen LogP contribution in [0.25, 0.3) is 0 Å². The molecule has 2 heterocycles. The first-order chi connectivity index (χ1) is 13.7. The molecule has 3 N–H and O–H groups in total. The molecule has 0 spiro atoms. The number of aryl methyl sites for hydroxylation is 1. The Balaban J connectivity index is 1.48. The highest BCUT2D eigenvalue weighted by atomic mass is 32.2. The smallest absolute Gasteiger partial charge is 0.232 e. The van der Waals surface area contributed by atoms with Gasteiger partial charge in [0.25, 0.3) is 0 Å². The summed E-state index contributed by atoms with van der Waals surface area (Å²) in [7, 11) is 0. The van der Waals surface area contributed by atoms with E-state index in [1.165, 1.54) is 32.1 Å². The van der Waals surface area contributed by atoms with Crippen LogP contribution < -0.4 is 11.1 Å². The van der Waals surface area contributed by atoms with Gasteiger partial charge in [-0.2, -0.15) is 15.0 Å². The molecule has 2 aromatic heterocycles. The molecular formula is C19H24N8S. The van der Waals surface area contributed by atoms with Crippen molar-refractivity contribution in [3.8, 4) is 0 Å². The minimum atomic E-state index is 0.203. The fourth-order valence-corrected chi connectivity index (χ4v) is 4.45. The van der Waals surface area contributed by atoms with Crippen LogP contribution in [0.2, 0.25) is 0 Å². The molecule has 0 atom stereocenters. The zero-order valence-electron chi connectivity index (χ0n) is 15.9. The lowest BCUT2D eigenvalue weighted by atomic mass is 9.95. The van der Waals surface area contributed by atoms with E-state index in [9.17, 15) is 0 Å². The highest BCUT2D eigenvalue weighted by Crippen LogP contribution is 2.33. The maximum atomic E-state index is 5.89. The number of nitrogen functional groups attached to an aromatic ring is 1. The normalized spacial score (nSPS) is 14.9. The predicted octanol–water partition coefficient (Wildman–Crippen LogP) is 3.89. The minimum Gasteiger partial charge on any atom is -0.368 e. The van der Waals surface area contributed by atoms with Crippen LogP contribution >= 0.6 is 11.8 Å². The Morgan fingerprint density at radius 2 is 1.86 bits per heavy atom. The van der Waals surface area contributed by atoms with Gasteiger partial charge in [-0.15, -0.1) is 10.2 Å². The maximum absolute atomic E-state index is 5.89. The molecule has 0 bridgehead atoms. The summed E-state index contributed by atoms with van der Waals surface area (Å²) in [5.41, 5.74) is 6.79. The first kappa shape index (κ1) is 18.7. The lowest BCUT2D eigenvalue weighted by molar-refractivity contribution is 0.332. The van der Waals surface area contributed by atoms with Crippen LogP contribution in [0.4, 0.5) is 17.6 Å². The molecule has 28 heavy (non-hydrogen) atoms. The van der Waals surface area contributed by atoms with E-state index < -0.39 is 0 Å². The molecule has 0 unspecified atom stereocenters. The van der Waals surface area contributed by atoms with Crippen LogP contribution in [-0.4, -0.2) is 29.7 Å². The molecule has 0 radical (unpaired) electrons. The second kappa shape index (κ2) is 8.55. The van der Waals surface area contributed by atoms with E-state index in [0.29, 0.717) is 23.6 Å². The van der Waals surface area contributed by atoms with Crippen molar-refractivity contribution in [2.24, 2.45) is 0 Å². The third-order valence-corrected chi connectivity index (χ3v) is 5.77. The van der Waals surface area contributed by atoms with Crippen molar-refractivity contribution in [1.29, 1.82) is 0 Å². The Bertz CT molecular complexity index is 921. The van der Waals surface area contributed by atoms with Crippen molar-refractivity contribution in [3.63, 3.8) is 0 Å². The topological polar surface area (TPSA) is 107 Å². The largest absolute Gasteiger partial charge is 0.368 e. The van der Waals surface area contributed by atoms with E-state index in [4.69, 9.17) is 5.73 Å². The van der Waals surface area contributed by atoms with Gasteiger partial charge in [0, 0.05) is 11.7 Å². The first-order valence-electron chi connectivity index (χ1n) is 9.56. The quantitative estimate of drug-likeness (QED) is 0.604. The SMILES string of the molecule is Cc1nnc(SCc2nc(N)nc(Nc3ccccc3)n2)n1C1CCCCC1. The van der Waals surface area contributed by atoms with Crippen LogP contribution in [0.1, 0.15) is 49.8 Å². The third-order valence-electron chi connectivity index (χ3n) is 4.83. The van der Waals surface area contributed by atoms with Crippen LogP contribution in [0.5, 0.6) is 0 Å². The average Bonchev–Trinajstić information content (AvgIpc) is 3.08. The van der Waals surface area contributed by atoms with Gasteiger partial charge in [-0.05, 0) is 31.9 Å². The highest BCUT2D eigenvalue weighted by Gasteiger charge is 2.21. The number of aromatic nitrogens is 6. The van der Waals surface area contributed by atoms with E-state index in [0.717, 1.165) is 16.7 Å². The fraction of sp³-hybridized carbons (Fsp3) is 0.421. The van der Waals surface area contributed by atoms with Gasteiger partial charge in [0.05, 0.1) is 5.75 Å². The molecule has 146 valence electrons. The summed E-state index contributed by atoms with van der Waals surface area (Å²) in [5.74, 6) is 2.79. The standard InChI is InChI=1S/C19H24N8S/c1-13-25-26-19(27(13)15-10-6-3-7-11-15)28-12-16-22-17(20)24-18(23-16)21-14-8-4-2-5-9-14/h2,4-5,8-9,15H,3,6-7,10-12H2,1H3,(H3,20,21,22,23,24). The molecule has 1 aromatic carbocycles. The number of anilines is 3. The Labute approximate surface area is 168 Å². The Morgan fingerprint density at radius 1 is 1.07 bits per heavy atom. The summed E-state index contributed by atoms with van der Waals surface area (Å²) in [6.07, 6.45) is 6.24. The number of thioether (sulfide) groups is 1. The summed E-state index contributed by atoms with van der Waals surface area (Å²) in [6.45, 7) is 2.02. The van der Waals surface area contributed by atoms with E-state index in [1.807, 2.05) is 37.3 Å². The van der Waals surface area contributed by atoms with Gasteiger partial charge in [-0.25, -0.2) is 0 Å². The number of nitrogens with zero attached hydrogens (tertiary/aromatic N) is 6. The van der Waals surface area contributed by atoms with Gasteiger partial charge in [0.15, 0.2) is 5.16 Å². The zero-order chi connectivity index (χ0) is 19.3. The van der Waals surface area contributed by atoms with Crippen molar-refractivity contribution in [1.82, 2.24) is 29.7 Å². The summed E-state index contributed by atoms with van der Waals surface area (Å²) in [6, 6.07) is 10.2. The van der Waals surface area contributed by atoms with E-state index in [1.54, 1.807) is 11.8 Å². The van der Waals surface area contributed by atoms with Crippen molar-refractivity contribution < 1.29 is 0 Å². The Kier molecular flexibility index (Phi) is 5.70. The summed E-state index contributed by atoms with van der Waals surface area (Å²) < 4.78 is 2.28. The Hall–Kier alpha value is -2.68. The van der Waals surface area contributed by atoms with Gasteiger partial charge in [0.1, 0.15) is 11.6 Å². The molecule has 1 saturated carbocycles. The monoisotopic (exact) mass is 396 g/mol. The van der Waals surface area contributed by atoms with Crippen molar-refractivity contribution >= 4 is 29.3 Å². The van der Waals surface area contributed by atoms with Gasteiger partial charge < -0.3 is 15.6 Å². The molecule has 8 nitrogen and oxygen atoms in total. The van der Waals surface area contributed by atoms with Crippen molar-refractivity contribution in [2.75, 3.05) is 11.1 Å². The second-order valence-electron chi connectivity index (χ2n) is 6.90. The third kappa shape index (κ3) is 4.41. The lowest BCUT2D eigenvalue weighted by Gasteiger charge is -2.24. The number of hydrogen-bond donors (Lipinski definition) is 2. The first-order valence-corrected chi connectivity index (χ1v) is 10.5. The molecule has 9 heteroatoms. The molecule has 4 rings (SSSR count). The molecular weight excluding hydrogens is 372 g/mol. The summed E-state index contributed by atoms with van der Waals surface area (Å²) >= 11 is 1.59. The predicted molar refractivity (Wildman–Crippen MR) is 110 cm³/mol. The molecule has 0 aliphatic heterocycles. The van der Waals surface area contributed by atoms with Gasteiger partial charge in [0.2, 0.25) is 11.9 Å². The molecule has 1 aliphatic rings. The lowest BCUT2D eigenvalue weighted by Crippen LogP contribution is -2.15. The molecule has 3 aromatic rings.